The van der Waals surface area contributed by atoms with Crippen molar-refractivity contribution in [3.05, 3.63) is 70.3 Å². The predicted molar refractivity (Wildman–Crippen MR) is 114 cm³/mol. The minimum absolute atomic E-state index is 0.0127. The third kappa shape index (κ3) is 5.27. The first-order valence-corrected chi connectivity index (χ1v) is 9.86. The van der Waals surface area contributed by atoms with E-state index >= 15 is 0 Å². The lowest BCUT2D eigenvalue weighted by Gasteiger charge is -2.35. The molecular weight excluding hydrogens is 423 g/mol. The van der Waals surface area contributed by atoms with Crippen LogP contribution in [0.2, 0.25) is 0 Å². The van der Waals surface area contributed by atoms with Crippen molar-refractivity contribution in [2.75, 3.05) is 21.1 Å². The minimum Gasteiger partial charge on any atom is -0.345 e. The summed E-state index contributed by atoms with van der Waals surface area (Å²) in [7, 11) is 4.61. The summed E-state index contributed by atoms with van der Waals surface area (Å²) in [5.41, 5.74) is 0.407. The van der Waals surface area contributed by atoms with Crippen molar-refractivity contribution in [2.24, 2.45) is 0 Å². The SMILES string of the molecule is Cc1ccc(C(=O)N(C)N(C(=O)c2ccc(C(F)(F)F)cc2)C(C)C)cc1C(=O)N(C)C. The van der Waals surface area contributed by atoms with Gasteiger partial charge in [-0.05, 0) is 62.7 Å². The largest absolute Gasteiger partial charge is 0.416 e. The zero-order chi connectivity index (χ0) is 24.4. The Morgan fingerprint density at radius 2 is 1.34 bits per heavy atom. The van der Waals surface area contributed by atoms with E-state index in [1.165, 1.54) is 18.0 Å². The topological polar surface area (TPSA) is 60.9 Å². The average molecular weight is 449 g/mol. The van der Waals surface area contributed by atoms with Gasteiger partial charge >= 0.3 is 6.18 Å². The highest BCUT2D eigenvalue weighted by atomic mass is 19.4. The number of benzene rings is 2. The molecule has 2 aromatic carbocycles. The molecule has 0 aliphatic rings. The first kappa shape index (κ1) is 24.9. The van der Waals surface area contributed by atoms with Gasteiger partial charge in [0.1, 0.15) is 0 Å². The highest BCUT2D eigenvalue weighted by molar-refractivity contribution is 6.02. The van der Waals surface area contributed by atoms with E-state index in [9.17, 15) is 27.6 Å². The predicted octanol–water partition coefficient (Wildman–Crippen LogP) is 4.25. The van der Waals surface area contributed by atoms with E-state index in [4.69, 9.17) is 0 Å². The number of alkyl halides is 3. The maximum atomic E-state index is 13.1. The summed E-state index contributed by atoms with van der Waals surface area (Å²) in [4.78, 5) is 40.0. The molecule has 0 saturated heterocycles. The number of rotatable bonds is 4. The van der Waals surface area contributed by atoms with E-state index in [0.29, 0.717) is 11.1 Å². The van der Waals surface area contributed by atoms with Crippen molar-refractivity contribution in [2.45, 2.75) is 33.0 Å². The van der Waals surface area contributed by atoms with Gasteiger partial charge in [0, 0.05) is 43.9 Å². The van der Waals surface area contributed by atoms with Gasteiger partial charge in [0.15, 0.2) is 0 Å². The number of aryl methyl sites for hydroxylation is 1. The Kier molecular flexibility index (Phi) is 7.33. The van der Waals surface area contributed by atoms with Crippen molar-refractivity contribution in [3.63, 3.8) is 0 Å². The van der Waals surface area contributed by atoms with Gasteiger partial charge in [0.25, 0.3) is 17.7 Å². The molecule has 32 heavy (non-hydrogen) atoms. The number of nitrogens with zero attached hydrogens (tertiary/aromatic N) is 3. The molecule has 3 amide bonds. The molecule has 0 atom stereocenters. The zero-order valence-corrected chi connectivity index (χ0v) is 18.8. The van der Waals surface area contributed by atoms with Crippen LogP contribution < -0.4 is 0 Å². The normalized spacial score (nSPS) is 11.3. The second-order valence-electron chi connectivity index (χ2n) is 7.88. The van der Waals surface area contributed by atoms with E-state index in [1.54, 1.807) is 47.0 Å². The first-order valence-electron chi connectivity index (χ1n) is 9.86. The zero-order valence-electron chi connectivity index (χ0n) is 18.8. The van der Waals surface area contributed by atoms with Crippen molar-refractivity contribution in [1.82, 2.24) is 14.9 Å². The third-order valence-corrected chi connectivity index (χ3v) is 4.89. The molecule has 0 heterocycles. The summed E-state index contributed by atoms with van der Waals surface area (Å²) in [6.45, 7) is 5.12. The lowest BCUT2D eigenvalue weighted by atomic mass is 10.0. The number of amides is 3. The number of halogens is 3. The molecule has 0 unspecified atom stereocenters. The fraction of sp³-hybridized carbons (Fsp3) is 0.348. The van der Waals surface area contributed by atoms with Crippen LogP contribution in [0.15, 0.2) is 42.5 Å². The van der Waals surface area contributed by atoms with Crippen LogP contribution in [0.25, 0.3) is 0 Å². The summed E-state index contributed by atoms with van der Waals surface area (Å²) in [5.74, 6) is -1.42. The fourth-order valence-electron chi connectivity index (χ4n) is 3.16. The molecule has 0 N–H and O–H groups in total. The van der Waals surface area contributed by atoms with Gasteiger partial charge in [-0.1, -0.05) is 6.07 Å². The molecule has 2 rings (SSSR count). The molecule has 2 aromatic rings. The maximum absolute atomic E-state index is 13.1. The van der Waals surface area contributed by atoms with Gasteiger partial charge in [0.05, 0.1) is 5.56 Å². The fourth-order valence-corrected chi connectivity index (χ4v) is 3.16. The summed E-state index contributed by atoms with van der Waals surface area (Å²) >= 11 is 0. The Balaban J connectivity index is 2.36. The third-order valence-electron chi connectivity index (χ3n) is 4.89. The molecule has 0 saturated carbocycles. The Labute approximate surface area is 185 Å². The van der Waals surface area contributed by atoms with E-state index in [-0.39, 0.29) is 17.0 Å². The monoisotopic (exact) mass is 449 g/mol. The van der Waals surface area contributed by atoms with Crippen molar-refractivity contribution >= 4 is 17.7 Å². The number of hydrogen-bond donors (Lipinski definition) is 0. The van der Waals surface area contributed by atoms with Crippen molar-refractivity contribution in [1.29, 1.82) is 0 Å². The number of carbonyl (C=O) groups excluding carboxylic acids is 3. The molecule has 9 heteroatoms. The summed E-state index contributed by atoms with van der Waals surface area (Å²) in [6, 6.07) is 8.03. The Hall–Kier alpha value is -3.36. The Morgan fingerprint density at radius 3 is 1.81 bits per heavy atom. The van der Waals surface area contributed by atoms with Crippen molar-refractivity contribution in [3.8, 4) is 0 Å². The van der Waals surface area contributed by atoms with Gasteiger partial charge in [0.2, 0.25) is 0 Å². The lowest BCUT2D eigenvalue weighted by Crippen LogP contribution is -2.51. The molecule has 172 valence electrons. The van der Waals surface area contributed by atoms with Crippen LogP contribution in [-0.4, -0.2) is 59.8 Å². The van der Waals surface area contributed by atoms with Crippen LogP contribution in [-0.2, 0) is 6.18 Å². The van der Waals surface area contributed by atoms with Crippen LogP contribution in [0.1, 0.15) is 56.0 Å². The van der Waals surface area contributed by atoms with E-state index < -0.39 is 29.6 Å². The Bertz CT molecular complexity index is 1020. The minimum atomic E-state index is -4.51. The van der Waals surface area contributed by atoms with Gasteiger partial charge in [-0.25, -0.2) is 5.01 Å². The van der Waals surface area contributed by atoms with Crippen molar-refractivity contribution < 1.29 is 27.6 Å². The smallest absolute Gasteiger partial charge is 0.345 e. The highest BCUT2D eigenvalue weighted by Crippen LogP contribution is 2.29. The average Bonchev–Trinajstić information content (AvgIpc) is 2.72. The molecular formula is C23H26F3N3O3. The molecule has 6 nitrogen and oxygen atoms in total. The highest BCUT2D eigenvalue weighted by Gasteiger charge is 2.32. The van der Waals surface area contributed by atoms with E-state index in [2.05, 4.69) is 0 Å². The van der Waals surface area contributed by atoms with Crippen LogP contribution in [0.5, 0.6) is 0 Å². The molecule has 0 spiro atoms. The molecule has 0 bridgehead atoms. The van der Waals surface area contributed by atoms with Gasteiger partial charge < -0.3 is 4.90 Å². The quantitative estimate of drug-likeness (QED) is 0.656. The van der Waals surface area contributed by atoms with Gasteiger partial charge in [-0.15, -0.1) is 0 Å². The number of carbonyl (C=O) groups is 3. The second kappa shape index (κ2) is 9.42. The van der Waals surface area contributed by atoms with Crippen LogP contribution in [0.4, 0.5) is 13.2 Å². The standard InChI is InChI=1S/C23H26F3N3O3/c1-14(2)29(21(31)16-9-11-18(12-10-16)23(24,25)26)28(6)20(30)17-8-7-15(3)19(13-17)22(32)27(4)5/h7-14H,1-6H3. The lowest BCUT2D eigenvalue weighted by molar-refractivity contribution is -0.137. The summed E-state index contributed by atoms with van der Waals surface area (Å²) in [6.07, 6.45) is -4.51. The maximum Gasteiger partial charge on any atom is 0.416 e. The summed E-state index contributed by atoms with van der Waals surface area (Å²) < 4.78 is 38.5. The second-order valence-corrected chi connectivity index (χ2v) is 7.88. The number of hydrogen-bond acceptors (Lipinski definition) is 3. The van der Waals surface area contributed by atoms with E-state index in [0.717, 1.165) is 34.3 Å². The summed E-state index contributed by atoms with van der Waals surface area (Å²) in [5, 5.41) is 2.28. The number of hydrazine groups is 1. The molecule has 0 aliphatic carbocycles. The molecule has 0 fully saturated rings. The van der Waals surface area contributed by atoms with E-state index in [1.807, 2.05) is 0 Å². The molecule has 0 aromatic heterocycles. The van der Waals surface area contributed by atoms with Gasteiger partial charge in [-0.2, -0.15) is 13.2 Å². The Morgan fingerprint density at radius 1 is 0.812 bits per heavy atom. The molecule has 0 radical (unpaired) electrons. The van der Waals surface area contributed by atoms with Gasteiger partial charge in [-0.3, -0.25) is 19.4 Å². The van der Waals surface area contributed by atoms with Crippen LogP contribution >= 0.6 is 0 Å². The first-order chi connectivity index (χ1) is 14.8. The molecule has 0 aliphatic heterocycles. The van der Waals surface area contributed by atoms with Crippen LogP contribution in [0, 0.1) is 6.92 Å². The van der Waals surface area contributed by atoms with Crippen LogP contribution in [0.3, 0.4) is 0 Å².